The first-order chi connectivity index (χ1) is 21.3. The normalized spacial score (nSPS) is 20.6. The first-order valence-electron chi connectivity index (χ1n) is 15.4. The van der Waals surface area contributed by atoms with E-state index in [0.29, 0.717) is 0 Å². The zero-order chi connectivity index (χ0) is 30.5. The first kappa shape index (κ1) is 31.8. The number of hydrogen-bond donors (Lipinski definition) is 4. The number of benzene rings is 4. The number of aliphatic hydroxyl groups is 2. The number of aromatic amines is 2. The highest BCUT2D eigenvalue weighted by atomic mass is 79.9. The van der Waals surface area contributed by atoms with Gasteiger partial charge in [0.05, 0.1) is 24.0 Å². The Balaban J connectivity index is 0.000000155. The molecule has 6 aromatic rings. The van der Waals surface area contributed by atoms with Crippen LogP contribution in [0, 0.1) is 13.8 Å². The summed E-state index contributed by atoms with van der Waals surface area (Å²) in [7, 11) is 0. The van der Waals surface area contributed by atoms with Crippen molar-refractivity contribution in [3.05, 3.63) is 139 Å². The summed E-state index contributed by atoms with van der Waals surface area (Å²) in [6.45, 7) is 4.18. The maximum Gasteiger partial charge on any atom is 0.0667 e. The SMILES string of the molecule is C.Cc1ccc(C2c3[nH]c4ccc(Br)cc4c3CCC2O)cc1.Cc1ccc(C2c3[nH]c4ccc(Br)cc4c3CCC2O)cc1. The molecule has 2 heterocycles. The average molecular weight is 729 g/mol. The van der Waals surface area contributed by atoms with Crippen LogP contribution < -0.4 is 0 Å². The van der Waals surface area contributed by atoms with Crippen LogP contribution in [0.3, 0.4) is 0 Å². The standard InChI is InChI=1S/2C19H18BrNO.CH4/c2*1-11-2-4-12(5-3-11)18-17(22)9-7-14-15-10-13(20)6-8-16(15)21-19(14)18;/h2*2-6,8,10,17-18,21-22H,7,9H2,1H3;1H4. The van der Waals surface area contributed by atoms with Crippen LogP contribution in [0.2, 0.25) is 0 Å². The maximum absolute atomic E-state index is 10.6. The highest BCUT2D eigenvalue weighted by molar-refractivity contribution is 9.10. The molecule has 2 aliphatic carbocycles. The minimum absolute atomic E-state index is 0. The molecule has 0 radical (unpaired) electrons. The van der Waals surface area contributed by atoms with Gasteiger partial charge in [-0.05, 0) is 98.2 Å². The molecular weight excluding hydrogens is 688 g/mol. The molecule has 0 saturated carbocycles. The molecule has 4 aromatic carbocycles. The third-order valence-electron chi connectivity index (χ3n) is 9.45. The minimum atomic E-state index is -0.327. The van der Waals surface area contributed by atoms with E-state index >= 15 is 0 Å². The molecule has 4 N–H and O–H groups in total. The summed E-state index contributed by atoms with van der Waals surface area (Å²) in [5.74, 6) is 0.0750. The summed E-state index contributed by atoms with van der Waals surface area (Å²) >= 11 is 7.12. The van der Waals surface area contributed by atoms with Crippen molar-refractivity contribution < 1.29 is 10.2 Å². The largest absolute Gasteiger partial charge is 0.392 e. The Morgan fingerprint density at radius 1 is 0.578 bits per heavy atom. The summed E-state index contributed by atoms with van der Waals surface area (Å²) < 4.78 is 2.19. The van der Waals surface area contributed by atoms with Gasteiger partial charge in [-0.2, -0.15) is 0 Å². The second-order valence-electron chi connectivity index (χ2n) is 12.4. The molecular formula is C39H40Br2N2O2. The van der Waals surface area contributed by atoms with Crippen LogP contribution in [-0.4, -0.2) is 32.4 Å². The van der Waals surface area contributed by atoms with E-state index in [-0.39, 0.29) is 31.5 Å². The molecule has 8 rings (SSSR count). The first-order valence-corrected chi connectivity index (χ1v) is 16.9. The Bertz CT molecular complexity index is 1810. The van der Waals surface area contributed by atoms with Crippen molar-refractivity contribution in [2.45, 2.75) is 71.0 Å². The van der Waals surface area contributed by atoms with Crippen LogP contribution in [0.15, 0.2) is 93.9 Å². The Kier molecular flexibility index (Phi) is 9.13. The lowest BCUT2D eigenvalue weighted by Gasteiger charge is -2.28. The van der Waals surface area contributed by atoms with Crippen LogP contribution in [0.5, 0.6) is 0 Å². The molecule has 4 atom stereocenters. The van der Waals surface area contributed by atoms with Gasteiger partial charge in [0, 0.05) is 42.1 Å². The fourth-order valence-corrected chi connectivity index (χ4v) is 7.90. The lowest BCUT2D eigenvalue weighted by Crippen LogP contribution is -2.26. The van der Waals surface area contributed by atoms with Crippen molar-refractivity contribution in [3.8, 4) is 0 Å². The highest BCUT2D eigenvalue weighted by Crippen LogP contribution is 2.42. The molecule has 6 heteroatoms. The van der Waals surface area contributed by atoms with E-state index in [1.807, 2.05) is 0 Å². The van der Waals surface area contributed by atoms with E-state index < -0.39 is 0 Å². The fraction of sp³-hybridized carbons (Fsp3) is 0.282. The van der Waals surface area contributed by atoms with E-state index in [1.54, 1.807) is 0 Å². The number of aliphatic hydroxyl groups excluding tert-OH is 2. The Morgan fingerprint density at radius 3 is 1.33 bits per heavy atom. The molecule has 2 aromatic heterocycles. The number of halogens is 2. The summed E-state index contributed by atoms with van der Waals surface area (Å²) in [5.41, 5.74) is 12.2. The minimum Gasteiger partial charge on any atom is -0.392 e. The van der Waals surface area contributed by atoms with Crippen molar-refractivity contribution in [1.29, 1.82) is 0 Å². The Morgan fingerprint density at radius 2 is 0.956 bits per heavy atom. The number of rotatable bonds is 2. The molecule has 4 nitrogen and oxygen atoms in total. The lowest BCUT2D eigenvalue weighted by molar-refractivity contribution is 0.138. The molecule has 0 spiro atoms. The maximum atomic E-state index is 10.6. The zero-order valence-electron chi connectivity index (χ0n) is 24.9. The van der Waals surface area contributed by atoms with E-state index in [4.69, 9.17) is 0 Å². The second-order valence-corrected chi connectivity index (χ2v) is 14.2. The van der Waals surface area contributed by atoms with Gasteiger partial charge in [-0.3, -0.25) is 0 Å². The van der Waals surface area contributed by atoms with Crippen LogP contribution in [-0.2, 0) is 12.8 Å². The second kappa shape index (κ2) is 12.9. The topological polar surface area (TPSA) is 72.0 Å². The van der Waals surface area contributed by atoms with Gasteiger partial charge in [0.1, 0.15) is 0 Å². The van der Waals surface area contributed by atoms with E-state index in [2.05, 4.69) is 141 Å². The van der Waals surface area contributed by atoms with Crippen LogP contribution >= 0.6 is 31.9 Å². The number of fused-ring (bicyclic) bond motifs is 6. The van der Waals surface area contributed by atoms with Gasteiger partial charge < -0.3 is 20.2 Å². The van der Waals surface area contributed by atoms with Crippen LogP contribution in [0.4, 0.5) is 0 Å². The molecule has 2 aliphatic rings. The average Bonchev–Trinajstić information content (AvgIpc) is 3.56. The smallest absolute Gasteiger partial charge is 0.0667 e. The van der Waals surface area contributed by atoms with E-state index in [1.165, 1.54) is 55.5 Å². The monoisotopic (exact) mass is 726 g/mol. The van der Waals surface area contributed by atoms with Crippen molar-refractivity contribution in [1.82, 2.24) is 9.97 Å². The molecule has 45 heavy (non-hydrogen) atoms. The molecule has 232 valence electrons. The summed E-state index contributed by atoms with van der Waals surface area (Å²) in [5, 5.41) is 23.7. The predicted octanol–water partition coefficient (Wildman–Crippen LogP) is 9.99. The number of nitrogens with one attached hydrogen (secondary N) is 2. The summed E-state index contributed by atoms with van der Waals surface area (Å²) in [4.78, 5) is 7.11. The van der Waals surface area contributed by atoms with E-state index in [0.717, 1.165) is 45.7 Å². The number of hydrogen-bond acceptors (Lipinski definition) is 2. The third-order valence-corrected chi connectivity index (χ3v) is 10.4. The van der Waals surface area contributed by atoms with Gasteiger partial charge >= 0.3 is 0 Å². The van der Waals surface area contributed by atoms with Crippen molar-refractivity contribution >= 4 is 53.7 Å². The van der Waals surface area contributed by atoms with Gasteiger partial charge in [0.2, 0.25) is 0 Å². The molecule has 0 amide bonds. The number of aromatic nitrogens is 2. The highest BCUT2D eigenvalue weighted by Gasteiger charge is 2.33. The summed E-state index contributed by atoms with van der Waals surface area (Å²) in [6, 6.07) is 29.7. The predicted molar refractivity (Wildman–Crippen MR) is 193 cm³/mol. The van der Waals surface area contributed by atoms with Gasteiger partial charge in [0.25, 0.3) is 0 Å². The lowest BCUT2D eigenvalue weighted by atomic mass is 9.80. The fourth-order valence-electron chi connectivity index (χ4n) is 7.18. The van der Waals surface area contributed by atoms with Gasteiger partial charge in [-0.25, -0.2) is 0 Å². The molecule has 0 bridgehead atoms. The third kappa shape index (κ3) is 6.06. The number of aryl methyl sites for hydroxylation is 4. The Hall–Kier alpha value is -3.16. The molecule has 0 saturated heterocycles. The van der Waals surface area contributed by atoms with Gasteiger partial charge in [-0.1, -0.05) is 98.9 Å². The van der Waals surface area contributed by atoms with Crippen LogP contribution in [0.1, 0.15) is 76.9 Å². The van der Waals surface area contributed by atoms with Gasteiger partial charge in [0.15, 0.2) is 0 Å². The van der Waals surface area contributed by atoms with Crippen molar-refractivity contribution in [2.75, 3.05) is 0 Å². The van der Waals surface area contributed by atoms with Crippen molar-refractivity contribution in [3.63, 3.8) is 0 Å². The van der Waals surface area contributed by atoms with Gasteiger partial charge in [-0.15, -0.1) is 0 Å². The quantitative estimate of drug-likeness (QED) is 0.143. The molecule has 4 unspecified atom stereocenters. The number of H-pyrrole nitrogens is 2. The van der Waals surface area contributed by atoms with Crippen molar-refractivity contribution in [2.24, 2.45) is 0 Å². The zero-order valence-corrected chi connectivity index (χ0v) is 28.0. The van der Waals surface area contributed by atoms with Crippen LogP contribution in [0.25, 0.3) is 21.8 Å². The van der Waals surface area contributed by atoms with E-state index in [9.17, 15) is 10.2 Å². The Labute approximate surface area is 282 Å². The molecule has 0 fully saturated rings. The molecule has 0 aliphatic heterocycles. The summed E-state index contributed by atoms with van der Waals surface area (Å²) in [6.07, 6.45) is 2.82.